The van der Waals surface area contributed by atoms with Crippen molar-refractivity contribution in [3.8, 4) is 17.2 Å². The second-order valence-corrected chi connectivity index (χ2v) is 8.21. The third-order valence-electron chi connectivity index (χ3n) is 4.28. The van der Waals surface area contributed by atoms with Gasteiger partial charge in [0.25, 0.3) is 5.91 Å². The number of likely N-dealkylation sites (N-methyl/N-ethyl adjacent to an activating group) is 1. The highest BCUT2D eigenvalue weighted by atomic mass is 32.2. The molecule has 0 heterocycles. The van der Waals surface area contributed by atoms with Crippen LogP contribution in [0.4, 0.5) is 5.69 Å². The van der Waals surface area contributed by atoms with E-state index >= 15 is 0 Å². The molecule has 174 valence electrons. The van der Waals surface area contributed by atoms with E-state index in [0.29, 0.717) is 30.4 Å². The molecule has 0 aliphatic carbocycles. The number of nitrogens with one attached hydrogen (secondary N) is 1. The van der Waals surface area contributed by atoms with E-state index in [1.54, 1.807) is 18.2 Å². The minimum absolute atomic E-state index is 0.0333. The Bertz CT molecular complexity index is 1090. The number of primary sulfonamides is 1. The monoisotopic (exact) mass is 465 g/mol. The van der Waals surface area contributed by atoms with Crippen molar-refractivity contribution in [1.29, 1.82) is 0 Å². The summed E-state index contributed by atoms with van der Waals surface area (Å²) in [7, 11) is -1.26. The van der Waals surface area contributed by atoms with Gasteiger partial charge in [0.1, 0.15) is 5.75 Å². The summed E-state index contributed by atoms with van der Waals surface area (Å²) in [5.41, 5.74) is 0.436. The second-order valence-electron chi connectivity index (χ2n) is 6.64. The zero-order valence-electron chi connectivity index (χ0n) is 18.4. The first-order valence-corrected chi connectivity index (χ1v) is 11.3. The minimum atomic E-state index is -4.02. The number of amides is 2. The van der Waals surface area contributed by atoms with Crippen LogP contribution in [0.25, 0.3) is 0 Å². The van der Waals surface area contributed by atoms with Gasteiger partial charge in [-0.25, -0.2) is 13.6 Å². The standard InChI is InChI=1S/C21H27N3O7S/c1-5-30-18-9-7-14(11-19(18)31-6-2)23-20(25)13-24(3)21(26)16-12-15(32(22,27)28)8-10-17(16)29-4/h7-12H,5-6,13H2,1-4H3,(H,23,25)(H2,22,27,28). The van der Waals surface area contributed by atoms with E-state index in [0.717, 1.165) is 11.0 Å². The van der Waals surface area contributed by atoms with E-state index < -0.39 is 21.8 Å². The molecule has 32 heavy (non-hydrogen) atoms. The first-order valence-electron chi connectivity index (χ1n) is 9.76. The number of hydrogen-bond donors (Lipinski definition) is 2. The molecule has 0 aliphatic heterocycles. The van der Waals surface area contributed by atoms with E-state index in [4.69, 9.17) is 19.3 Å². The maximum Gasteiger partial charge on any atom is 0.257 e. The third-order valence-corrected chi connectivity index (χ3v) is 5.20. The van der Waals surface area contributed by atoms with Crippen LogP contribution in [0.5, 0.6) is 17.2 Å². The van der Waals surface area contributed by atoms with Crippen LogP contribution in [0, 0.1) is 0 Å². The molecular weight excluding hydrogens is 438 g/mol. The smallest absolute Gasteiger partial charge is 0.257 e. The predicted molar refractivity (Wildman–Crippen MR) is 119 cm³/mol. The summed E-state index contributed by atoms with van der Waals surface area (Å²) in [5.74, 6) is 0.128. The van der Waals surface area contributed by atoms with Gasteiger partial charge in [0.05, 0.1) is 37.3 Å². The molecular formula is C21H27N3O7S. The fourth-order valence-corrected chi connectivity index (χ4v) is 3.39. The van der Waals surface area contributed by atoms with Gasteiger partial charge < -0.3 is 24.4 Å². The molecule has 11 heteroatoms. The molecule has 0 aromatic heterocycles. The number of ether oxygens (including phenoxy) is 3. The number of nitrogens with two attached hydrogens (primary N) is 1. The Kier molecular flexibility index (Phi) is 8.44. The predicted octanol–water partition coefficient (Wildman–Crippen LogP) is 1.85. The summed E-state index contributed by atoms with van der Waals surface area (Å²) in [6.07, 6.45) is 0. The van der Waals surface area contributed by atoms with Gasteiger partial charge in [-0.2, -0.15) is 0 Å². The van der Waals surface area contributed by atoms with Crippen LogP contribution in [0.15, 0.2) is 41.3 Å². The minimum Gasteiger partial charge on any atom is -0.496 e. The molecule has 10 nitrogen and oxygen atoms in total. The van der Waals surface area contributed by atoms with E-state index in [2.05, 4.69) is 5.32 Å². The van der Waals surface area contributed by atoms with Crippen molar-refractivity contribution in [2.45, 2.75) is 18.7 Å². The number of methoxy groups -OCH3 is 1. The molecule has 0 saturated carbocycles. The van der Waals surface area contributed by atoms with Gasteiger partial charge in [-0.1, -0.05) is 0 Å². The highest BCUT2D eigenvalue weighted by molar-refractivity contribution is 7.89. The molecule has 0 bridgehead atoms. The third kappa shape index (κ3) is 6.34. The Balaban J connectivity index is 2.16. The first kappa shape index (κ1) is 25.0. The SMILES string of the molecule is CCOc1ccc(NC(=O)CN(C)C(=O)c2cc(S(N)(=O)=O)ccc2OC)cc1OCC. The molecule has 0 spiro atoms. The average Bonchev–Trinajstić information content (AvgIpc) is 2.74. The lowest BCUT2D eigenvalue weighted by Gasteiger charge is -2.19. The van der Waals surface area contributed by atoms with Crippen LogP contribution in [-0.4, -0.2) is 59.0 Å². The number of carbonyl (C=O) groups is 2. The van der Waals surface area contributed by atoms with Crippen LogP contribution in [0.1, 0.15) is 24.2 Å². The van der Waals surface area contributed by atoms with Crippen LogP contribution >= 0.6 is 0 Å². The number of nitrogens with zero attached hydrogens (tertiary/aromatic N) is 1. The van der Waals surface area contributed by atoms with Gasteiger partial charge in [0.15, 0.2) is 11.5 Å². The van der Waals surface area contributed by atoms with Gasteiger partial charge in [-0.3, -0.25) is 9.59 Å². The molecule has 2 rings (SSSR count). The highest BCUT2D eigenvalue weighted by Gasteiger charge is 2.22. The Morgan fingerprint density at radius 1 is 1.00 bits per heavy atom. The number of carbonyl (C=O) groups excluding carboxylic acids is 2. The lowest BCUT2D eigenvalue weighted by Crippen LogP contribution is -2.35. The van der Waals surface area contributed by atoms with Crippen molar-refractivity contribution in [2.24, 2.45) is 5.14 Å². The lowest BCUT2D eigenvalue weighted by molar-refractivity contribution is -0.116. The summed E-state index contributed by atoms with van der Waals surface area (Å²) in [6, 6.07) is 8.66. The van der Waals surface area contributed by atoms with Crippen molar-refractivity contribution in [2.75, 3.05) is 39.2 Å². The molecule has 2 aromatic carbocycles. The second kappa shape index (κ2) is 10.8. The zero-order valence-corrected chi connectivity index (χ0v) is 19.2. The van der Waals surface area contributed by atoms with Gasteiger partial charge >= 0.3 is 0 Å². The average molecular weight is 466 g/mol. The fourth-order valence-electron chi connectivity index (χ4n) is 2.85. The highest BCUT2D eigenvalue weighted by Crippen LogP contribution is 2.30. The van der Waals surface area contributed by atoms with E-state index in [-0.39, 0.29) is 22.8 Å². The topological polar surface area (TPSA) is 137 Å². The maximum atomic E-state index is 12.8. The van der Waals surface area contributed by atoms with Crippen LogP contribution in [-0.2, 0) is 14.8 Å². The fraction of sp³-hybridized carbons (Fsp3) is 0.333. The van der Waals surface area contributed by atoms with Gasteiger partial charge in [-0.15, -0.1) is 0 Å². The quantitative estimate of drug-likeness (QED) is 0.546. The Morgan fingerprint density at radius 3 is 2.22 bits per heavy atom. The summed E-state index contributed by atoms with van der Waals surface area (Å²) in [4.78, 5) is 26.2. The molecule has 0 fully saturated rings. The molecule has 0 unspecified atom stereocenters. The van der Waals surface area contributed by atoms with E-state index in [9.17, 15) is 18.0 Å². The van der Waals surface area contributed by atoms with Crippen molar-refractivity contribution in [1.82, 2.24) is 4.90 Å². The van der Waals surface area contributed by atoms with Gasteiger partial charge in [0.2, 0.25) is 15.9 Å². The lowest BCUT2D eigenvalue weighted by atomic mass is 10.1. The van der Waals surface area contributed by atoms with Crippen molar-refractivity contribution in [3.05, 3.63) is 42.0 Å². The first-order chi connectivity index (χ1) is 15.1. The normalized spacial score (nSPS) is 10.9. The number of benzene rings is 2. The van der Waals surface area contributed by atoms with Gasteiger partial charge in [-0.05, 0) is 44.2 Å². The van der Waals surface area contributed by atoms with Crippen molar-refractivity contribution >= 4 is 27.5 Å². The van der Waals surface area contributed by atoms with Crippen molar-refractivity contribution < 1.29 is 32.2 Å². The Hall–Kier alpha value is -3.31. The maximum absolute atomic E-state index is 12.8. The zero-order chi connectivity index (χ0) is 23.9. The summed E-state index contributed by atoms with van der Waals surface area (Å²) < 4.78 is 39.4. The van der Waals surface area contributed by atoms with Crippen molar-refractivity contribution in [3.63, 3.8) is 0 Å². The largest absolute Gasteiger partial charge is 0.496 e. The molecule has 0 aliphatic rings. The molecule has 2 amide bonds. The number of anilines is 1. The summed E-state index contributed by atoms with van der Waals surface area (Å²) in [5, 5.41) is 7.84. The van der Waals surface area contributed by atoms with Gasteiger partial charge in [0, 0.05) is 18.8 Å². The van der Waals surface area contributed by atoms with Crippen LogP contribution in [0.2, 0.25) is 0 Å². The molecule has 0 atom stereocenters. The molecule has 2 aromatic rings. The molecule has 0 saturated heterocycles. The van der Waals surface area contributed by atoms with Crippen LogP contribution < -0.4 is 24.7 Å². The molecule has 3 N–H and O–H groups in total. The number of hydrogen-bond acceptors (Lipinski definition) is 7. The summed E-state index contributed by atoms with van der Waals surface area (Å²) >= 11 is 0. The van der Waals surface area contributed by atoms with E-state index in [1.807, 2.05) is 13.8 Å². The number of rotatable bonds is 10. The van der Waals surface area contributed by atoms with Crippen LogP contribution in [0.3, 0.4) is 0 Å². The Labute approximate surface area is 187 Å². The Morgan fingerprint density at radius 2 is 1.62 bits per heavy atom. The molecule has 0 radical (unpaired) electrons. The van der Waals surface area contributed by atoms with E-state index in [1.165, 1.54) is 26.3 Å². The number of sulfonamides is 1. The summed E-state index contributed by atoms with van der Waals surface area (Å²) in [6.45, 7) is 4.29.